The van der Waals surface area contributed by atoms with Crippen molar-refractivity contribution in [1.82, 2.24) is 10.1 Å². The fourth-order valence-corrected chi connectivity index (χ4v) is 1.77. The minimum absolute atomic E-state index is 0.0710. The maximum Gasteiger partial charge on any atom is 0.292 e. The van der Waals surface area contributed by atoms with Gasteiger partial charge in [0.15, 0.2) is 5.82 Å². The lowest BCUT2D eigenvalue weighted by atomic mass is 10.1. The first-order valence-electron chi connectivity index (χ1n) is 5.85. The van der Waals surface area contributed by atoms with E-state index >= 15 is 0 Å². The minimum atomic E-state index is -0.397. The molecule has 100 valence electrons. The Labute approximate surface area is 109 Å². The number of hydrogen-bond acceptors (Lipinski definition) is 6. The van der Waals surface area contributed by atoms with E-state index in [0.29, 0.717) is 30.4 Å². The molecule has 0 unspecified atom stereocenters. The van der Waals surface area contributed by atoms with E-state index in [-0.39, 0.29) is 5.69 Å². The molecular weight excluding hydrogens is 248 g/mol. The van der Waals surface area contributed by atoms with E-state index < -0.39 is 4.92 Å². The SMILES string of the molecule is Cc1noc(CCNc2c(C)cccc2[N+](=O)[O-])n1. The van der Waals surface area contributed by atoms with E-state index in [1.165, 1.54) is 6.07 Å². The van der Waals surface area contributed by atoms with Crippen LogP contribution in [0, 0.1) is 24.0 Å². The molecule has 0 bridgehead atoms. The van der Waals surface area contributed by atoms with Crippen LogP contribution in [0.15, 0.2) is 22.7 Å². The summed E-state index contributed by atoms with van der Waals surface area (Å²) in [6.07, 6.45) is 0.520. The highest BCUT2D eigenvalue weighted by molar-refractivity contribution is 5.65. The van der Waals surface area contributed by atoms with E-state index in [9.17, 15) is 10.1 Å². The number of para-hydroxylation sites is 1. The van der Waals surface area contributed by atoms with Crippen LogP contribution in [-0.4, -0.2) is 21.6 Å². The van der Waals surface area contributed by atoms with Crippen molar-refractivity contribution >= 4 is 11.4 Å². The molecule has 2 rings (SSSR count). The zero-order chi connectivity index (χ0) is 13.8. The van der Waals surface area contributed by atoms with Gasteiger partial charge in [-0.2, -0.15) is 4.98 Å². The van der Waals surface area contributed by atoms with Crippen molar-refractivity contribution in [3.63, 3.8) is 0 Å². The van der Waals surface area contributed by atoms with Crippen molar-refractivity contribution in [3.8, 4) is 0 Å². The van der Waals surface area contributed by atoms with Crippen LogP contribution in [0.3, 0.4) is 0 Å². The zero-order valence-corrected chi connectivity index (χ0v) is 10.7. The summed E-state index contributed by atoms with van der Waals surface area (Å²) in [6.45, 7) is 4.06. The number of nitrogens with one attached hydrogen (secondary N) is 1. The second-order valence-electron chi connectivity index (χ2n) is 4.14. The summed E-state index contributed by atoms with van der Waals surface area (Å²) >= 11 is 0. The van der Waals surface area contributed by atoms with Crippen molar-refractivity contribution in [2.24, 2.45) is 0 Å². The largest absolute Gasteiger partial charge is 0.379 e. The Bertz CT molecular complexity index is 594. The van der Waals surface area contributed by atoms with Gasteiger partial charge in [-0.1, -0.05) is 17.3 Å². The van der Waals surface area contributed by atoms with E-state index in [1.54, 1.807) is 13.0 Å². The molecule has 2 aromatic rings. The molecule has 1 heterocycles. The first-order chi connectivity index (χ1) is 9.08. The molecule has 0 atom stereocenters. The molecule has 1 N–H and O–H groups in total. The van der Waals surface area contributed by atoms with Crippen LogP contribution in [-0.2, 0) is 6.42 Å². The summed E-state index contributed by atoms with van der Waals surface area (Å²) in [5, 5.41) is 17.7. The van der Waals surface area contributed by atoms with E-state index in [4.69, 9.17) is 4.52 Å². The van der Waals surface area contributed by atoms with Crippen LogP contribution < -0.4 is 5.32 Å². The molecule has 7 nitrogen and oxygen atoms in total. The molecule has 1 aromatic carbocycles. The van der Waals surface area contributed by atoms with Gasteiger partial charge in [-0.05, 0) is 19.4 Å². The van der Waals surface area contributed by atoms with Gasteiger partial charge in [0.05, 0.1) is 4.92 Å². The number of benzene rings is 1. The smallest absolute Gasteiger partial charge is 0.292 e. The monoisotopic (exact) mass is 262 g/mol. The topological polar surface area (TPSA) is 94.1 Å². The fraction of sp³-hybridized carbons (Fsp3) is 0.333. The van der Waals surface area contributed by atoms with Gasteiger partial charge in [0, 0.05) is 19.0 Å². The highest BCUT2D eigenvalue weighted by Gasteiger charge is 2.15. The minimum Gasteiger partial charge on any atom is -0.379 e. The summed E-state index contributed by atoms with van der Waals surface area (Å²) in [5.74, 6) is 1.10. The highest BCUT2D eigenvalue weighted by Crippen LogP contribution is 2.27. The Kier molecular flexibility index (Phi) is 3.74. The Hall–Kier alpha value is -2.44. The number of aryl methyl sites for hydroxylation is 2. The molecule has 19 heavy (non-hydrogen) atoms. The van der Waals surface area contributed by atoms with Crippen molar-refractivity contribution in [3.05, 3.63) is 45.6 Å². The van der Waals surface area contributed by atoms with Crippen LogP contribution in [0.25, 0.3) is 0 Å². The molecule has 0 aliphatic rings. The van der Waals surface area contributed by atoms with E-state index in [1.807, 2.05) is 13.0 Å². The Morgan fingerprint density at radius 1 is 1.42 bits per heavy atom. The van der Waals surface area contributed by atoms with Gasteiger partial charge in [-0.25, -0.2) is 0 Å². The number of nitro groups is 1. The normalized spacial score (nSPS) is 10.4. The summed E-state index contributed by atoms with van der Waals surface area (Å²) in [5.41, 5.74) is 1.43. The van der Waals surface area contributed by atoms with Gasteiger partial charge in [-0.15, -0.1) is 0 Å². The molecule has 1 aromatic heterocycles. The van der Waals surface area contributed by atoms with Crippen molar-refractivity contribution < 1.29 is 9.45 Å². The number of rotatable bonds is 5. The summed E-state index contributed by atoms with van der Waals surface area (Å²) in [4.78, 5) is 14.6. The molecule has 0 aliphatic heterocycles. The second kappa shape index (κ2) is 5.47. The summed E-state index contributed by atoms with van der Waals surface area (Å²) in [6, 6.07) is 4.97. The lowest BCUT2D eigenvalue weighted by Gasteiger charge is -2.08. The predicted molar refractivity (Wildman–Crippen MR) is 69.1 cm³/mol. The third kappa shape index (κ3) is 3.06. The molecular formula is C12H14N4O3. The predicted octanol–water partition coefficient (Wildman–Crippen LogP) is 2.25. The summed E-state index contributed by atoms with van der Waals surface area (Å²) in [7, 11) is 0. The number of aromatic nitrogens is 2. The van der Waals surface area contributed by atoms with E-state index in [2.05, 4.69) is 15.5 Å². The van der Waals surface area contributed by atoms with Crippen molar-refractivity contribution in [1.29, 1.82) is 0 Å². The molecule has 0 fully saturated rings. The Morgan fingerprint density at radius 2 is 2.21 bits per heavy atom. The molecule has 0 saturated carbocycles. The van der Waals surface area contributed by atoms with Gasteiger partial charge in [0.1, 0.15) is 5.69 Å². The average Bonchev–Trinajstić information content (AvgIpc) is 2.77. The number of nitro benzene ring substituents is 1. The van der Waals surface area contributed by atoms with Crippen LogP contribution in [0.5, 0.6) is 0 Å². The van der Waals surface area contributed by atoms with Gasteiger partial charge < -0.3 is 9.84 Å². The van der Waals surface area contributed by atoms with Gasteiger partial charge >= 0.3 is 0 Å². The summed E-state index contributed by atoms with van der Waals surface area (Å²) < 4.78 is 4.98. The zero-order valence-electron chi connectivity index (χ0n) is 10.7. The lowest BCUT2D eigenvalue weighted by Crippen LogP contribution is -2.08. The average molecular weight is 262 g/mol. The maximum absolute atomic E-state index is 10.9. The van der Waals surface area contributed by atoms with Gasteiger partial charge in [-0.3, -0.25) is 10.1 Å². The Balaban J connectivity index is 2.05. The molecule has 0 spiro atoms. The quantitative estimate of drug-likeness (QED) is 0.656. The number of hydrogen-bond donors (Lipinski definition) is 1. The third-order valence-electron chi connectivity index (χ3n) is 2.66. The first-order valence-corrected chi connectivity index (χ1v) is 5.85. The fourth-order valence-electron chi connectivity index (χ4n) is 1.77. The Morgan fingerprint density at radius 3 is 2.84 bits per heavy atom. The number of anilines is 1. The number of nitrogens with zero attached hydrogens (tertiary/aromatic N) is 3. The standard InChI is InChI=1S/C12H14N4O3/c1-8-4-3-5-10(16(17)18)12(8)13-7-6-11-14-9(2)15-19-11/h3-5,13H,6-7H2,1-2H3. The highest BCUT2D eigenvalue weighted by atomic mass is 16.6. The molecule has 7 heteroatoms. The van der Waals surface area contributed by atoms with Crippen molar-refractivity contribution in [2.45, 2.75) is 20.3 Å². The maximum atomic E-state index is 10.9. The molecule has 0 saturated heterocycles. The first kappa shape index (κ1) is 13.0. The van der Waals surface area contributed by atoms with Gasteiger partial charge in [0.25, 0.3) is 5.69 Å². The van der Waals surface area contributed by atoms with Crippen LogP contribution >= 0.6 is 0 Å². The van der Waals surface area contributed by atoms with Crippen LogP contribution in [0.1, 0.15) is 17.3 Å². The lowest BCUT2D eigenvalue weighted by molar-refractivity contribution is -0.384. The third-order valence-corrected chi connectivity index (χ3v) is 2.66. The van der Waals surface area contributed by atoms with Crippen LogP contribution in [0.4, 0.5) is 11.4 Å². The van der Waals surface area contributed by atoms with Crippen LogP contribution in [0.2, 0.25) is 0 Å². The second-order valence-corrected chi connectivity index (χ2v) is 4.14. The van der Waals surface area contributed by atoms with E-state index in [0.717, 1.165) is 5.56 Å². The molecule has 0 amide bonds. The van der Waals surface area contributed by atoms with Gasteiger partial charge in [0.2, 0.25) is 5.89 Å². The molecule has 0 radical (unpaired) electrons. The van der Waals surface area contributed by atoms with Crippen molar-refractivity contribution in [2.75, 3.05) is 11.9 Å². The molecule has 0 aliphatic carbocycles.